The van der Waals surface area contributed by atoms with Gasteiger partial charge < -0.3 is 9.88 Å². The van der Waals surface area contributed by atoms with E-state index in [9.17, 15) is 0 Å². The number of hydrogen-bond acceptors (Lipinski definition) is 3. The summed E-state index contributed by atoms with van der Waals surface area (Å²) in [5, 5.41) is 3.46. The van der Waals surface area contributed by atoms with E-state index in [1.807, 2.05) is 6.20 Å². The van der Waals surface area contributed by atoms with Crippen LogP contribution in [0.1, 0.15) is 12.7 Å². The summed E-state index contributed by atoms with van der Waals surface area (Å²) in [6, 6.07) is 0.627. The molecule has 1 aliphatic rings. The Morgan fingerprint density at radius 3 is 3.07 bits per heavy atom. The quantitative estimate of drug-likeness (QED) is 0.784. The maximum atomic E-state index is 4.23. The highest BCUT2D eigenvalue weighted by molar-refractivity contribution is 4.88. The molecular formula is C11H20N4. The summed E-state index contributed by atoms with van der Waals surface area (Å²) in [5.74, 6) is 1.11. The van der Waals surface area contributed by atoms with Crippen LogP contribution < -0.4 is 5.32 Å². The van der Waals surface area contributed by atoms with Crippen LogP contribution in [0.2, 0.25) is 0 Å². The molecule has 0 aromatic carbocycles. The Labute approximate surface area is 91.3 Å². The summed E-state index contributed by atoms with van der Waals surface area (Å²) in [6.07, 6.45) is 3.93. The molecule has 1 saturated heterocycles. The van der Waals surface area contributed by atoms with Gasteiger partial charge in [0.1, 0.15) is 5.82 Å². The van der Waals surface area contributed by atoms with Crippen molar-refractivity contribution in [2.24, 2.45) is 0 Å². The van der Waals surface area contributed by atoms with Crippen molar-refractivity contribution >= 4 is 0 Å². The molecule has 15 heavy (non-hydrogen) atoms. The van der Waals surface area contributed by atoms with Gasteiger partial charge in [0.2, 0.25) is 0 Å². The first-order valence-electron chi connectivity index (χ1n) is 5.69. The third kappa shape index (κ3) is 2.79. The molecule has 0 saturated carbocycles. The Morgan fingerprint density at radius 1 is 1.53 bits per heavy atom. The van der Waals surface area contributed by atoms with Crippen molar-refractivity contribution in [2.45, 2.75) is 26.4 Å². The van der Waals surface area contributed by atoms with Gasteiger partial charge in [0.15, 0.2) is 0 Å². The molecule has 1 atom stereocenters. The predicted molar refractivity (Wildman–Crippen MR) is 60.9 cm³/mol. The zero-order chi connectivity index (χ0) is 10.7. The highest BCUT2D eigenvalue weighted by Crippen LogP contribution is 2.01. The summed E-state index contributed by atoms with van der Waals surface area (Å²) in [5.41, 5.74) is 0. The van der Waals surface area contributed by atoms with Crippen molar-refractivity contribution in [3.8, 4) is 0 Å². The average molecular weight is 208 g/mol. The lowest BCUT2D eigenvalue weighted by Gasteiger charge is -2.31. The predicted octanol–water partition coefficient (Wildman–Crippen LogP) is 0.485. The van der Waals surface area contributed by atoms with Gasteiger partial charge in [0.25, 0.3) is 0 Å². The summed E-state index contributed by atoms with van der Waals surface area (Å²) in [7, 11) is 0. The fraction of sp³-hybridized carbons (Fsp3) is 0.727. The van der Waals surface area contributed by atoms with Crippen LogP contribution in [-0.4, -0.2) is 46.7 Å². The minimum absolute atomic E-state index is 0.627. The molecule has 1 N–H and O–H groups in total. The fourth-order valence-corrected chi connectivity index (χ4v) is 2.10. The SMILES string of the molecule is Cc1nccn1CCN1CCN[C@@H](C)C1. The molecule has 1 aromatic heterocycles. The number of imidazole rings is 1. The topological polar surface area (TPSA) is 33.1 Å². The molecule has 0 spiro atoms. The van der Waals surface area contributed by atoms with Crippen molar-refractivity contribution in [3.05, 3.63) is 18.2 Å². The maximum Gasteiger partial charge on any atom is 0.105 e. The number of aryl methyl sites for hydroxylation is 1. The minimum atomic E-state index is 0.627. The van der Waals surface area contributed by atoms with E-state index in [1.165, 1.54) is 0 Å². The number of rotatable bonds is 3. The molecule has 1 aliphatic heterocycles. The van der Waals surface area contributed by atoms with Crippen molar-refractivity contribution in [1.29, 1.82) is 0 Å². The molecule has 4 heteroatoms. The summed E-state index contributed by atoms with van der Waals surface area (Å²) >= 11 is 0. The summed E-state index contributed by atoms with van der Waals surface area (Å²) in [6.45, 7) is 9.92. The molecule has 0 aliphatic carbocycles. The zero-order valence-corrected chi connectivity index (χ0v) is 9.61. The van der Waals surface area contributed by atoms with E-state index in [-0.39, 0.29) is 0 Å². The van der Waals surface area contributed by atoms with Gasteiger partial charge in [-0.05, 0) is 13.8 Å². The first kappa shape index (κ1) is 10.6. The summed E-state index contributed by atoms with van der Waals surface area (Å²) in [4.78, 5) is 6.74. The molecular weight excluding hydrogens is 188 g/mol. The van der Waals surface area contributed by atoms with E-state index in [1.54, 1.807) is 0 Å². The van der Waals surface area contributed by atoms with E-state index < -0.39 is 0 Å². The van der Waals surface area contributed by atoms with Crippen LogP contribution in [0.3, 0.4) is 0 Å². The monoisotopic (exact) mass is 208 g/mol. The lowest BCUT2D eigenvalue weighted by Crippen LogP contribution is -2.49. The largest absolute Gasteiger partial charge is 0.334 e. The molecule has 2 rings (SSSR count). The third-order valence-electron chi connectivity index (χ3n) is 3.03. The van der Waals surface area contributed by atoms with Crippen molar-refractivity contribution < 1.29 is 0 Å². The maximum absolute atomic E-state index is 4.23. The Morgan fingerprint density at radius 2 is 2.40 bits per heavy atom. The van der Waals surface area contributed by atoms with Crippen LogP contribution in [0.5, 0.6) is 0 Å². The fourth-order valence-electron chi connectivity index (χ4n) is 2.10. The standard InChI is InChI=1S/C11H20N4/c1-10-9-14(5-3-12-10)7-8-15-6-4-13-11(15)2/h4,6,10,12H,3,5,7-9H2,1-2H3/t10-/m0/s1. The third-order valence-corrected chi connectivity index (χ3v) is 3.03. The highest BCUT2D eigenvalue weighted by atomic mass is 15.2. The van der Waals surface area contributed by atoms with Crippen LogP contribution >= 0.6 is 0 Å². The molecule has 1 aromatic rings. The molecule has 84 valence electrons. The van der Waals surface area contributed by atoms with Gasteiger partial charge in [-0.3, -0.25) is 4.90 Å². The van der Waals surface area contributed by atoms with E-state index >= 15 is 0 Å². The highest BCUT2D eigenvalue weighted by Gasteiger charge is 2.14. The van der Waals surface area contributed by atoms with Gasteiger partial charge >= 0.3 is 0 Å². The lowest BCUT2D eigenvalue weighted by molar-refractivity contribution is 0.200. The molecule has 1 fully saturated rings. The van der Waals surface area contributed by atoms with Gasteiger partial charge in [-0.2, -0.15) is 0 Å². The first-order chi connectivity index (χ1) is 7.25. The Balaban J connectivity index is 1.80. The number of hydrogen-bond donors (Lipinski definition) is 1. The van der Waals surface area contributed by atoms with Crippen LogP contribution in [0.4, 0.5) is 0 Å². The summed E-state index contributed by atoms with van der Waals surface area (Å²) < 4.78 is 2.21. The van der Waals surface area contributed by atoms with E-state index in [4.69, 9.17) is 0 Å². The lowest BCUT2D eigenvalue weighted by atomic mass is 10.2. The van der Waals surface area contributed by atoms with E-state index in [0.717, 1.165) is 38.5 Å². The molecule has 4 nitrogen and oxygen atoms in total. The molecule has 0 radical (unpaired) electrons. The zero-order valence-electron chi connectivity index (χ0n) is 9.61. The van der Waals surface area contributed by atoms with Gasteiger partial charge in [-0.1, -0.05) is 0 Å². The van der Waals surface area contributed by atoms with Crippen LogP contribution in [0.25, 0.3) is 0 Å². The number of aromatic nitrogens is 2. The number of piperazine rings is 1. The van der Waals surface area contributed by atoms with E-state index in [0.29, 0.717) is 6.04 Å². The van der Waals surface area contributed by atoms with Gasteiger partial charge in [-0.15, -0.1) is 0 Å². The van der Waals surface area contributed by atoms with Crippen molar-refractivity contribution in [1.82, 2.24) is 19.8 Å². The average Bonchev–Trinajstić information content (AvgIpc) is 2.61. The number of nitrogens with one attached hydrogen (secondary N) is 1. The van der Waals surface area contributed by atoms with Crippen molar-refractivity contribution in [3.63, 3.8) is 0 Å². The Bertz CT molecular complexity index is 307. The molecule has 0 amide bonds. The van der Waals surface area contributed by atoms with Gasteiger partial charge in [0.05, 0.1) is 0 Å². The second-order valence-corrected chi connectivity index (χ2v) is 4.32. The normalized spacial score (nSPS) is 23.2. The smallest absolute Gasteiger partial charge is 0.105 e. The van der Waals surface area contributed by atoms with Crippen LogP contribution in [-0.2, 0) is 6.54 Å². The molecule has 0 unspecified atom stereocenters. The van der Waals surface area contributed by atoms with Crippen molar-refractivity contribution in [2.75, 3.05) is 26.2 Å². The first-order valence-corrected chi connectivity index (χ1v) is 5.69. The minimum Gasteiger partial charge on any atom is -0.334 e. The molecule has 0 bridgehead atoms. The van der Waals surface area contributed by atoms with Crippen LogP contribution in [0.15, 0.2) is 12.4 Å². The second-order valence-electron chi connectivity index (χ2n) is 4.32. The Hall–Kier alpha value is -0.870. The Kier molecular flexibility index (Phi) is 3.38. The second kappa shape index (κ2) is 4.77. The number of nitrogens with zero attached hydrogens (tertiary/aromatic N) is 3. The van der Waals surface area contributed by atoms with E-state index in [2.05, 4.69) is 39.8 Å². The molecule has 2 heterocycles. The van der Waals surface area contributed by atoms with Crippen LogP contribution in [0, 0.1) is 6.92 Å². The van der Waals surface area contributed by atoms with Gasteiger partial charge in [-0.25, -0.2) is 4.98 Å². The van der Waals surface area contributed by atoms with Gasteiger partial charge in [0, 0.05) is 51.2 Å².